The molecule has 1 heterocycles. The second-order valence-corrected chi connectivity index (χ2v) is 6.65. The summed E-state index contributed by atoms with van der Waals surface area (Å²) in [5.41, 5.74) is 1.03. The molecule has 1 aromatic rings. The lowest BCUT2D eigenvalue weighted by Crippen LogP contribution is -2.46. The van der Waals surface area contributed by atoms with Crippen molar-refractivity contribution in [1.29, 1.82) is 0 Å². The molecule has 0 bridgehead atoms. The molecular weight excluding hydrogens is 260 g/mol. The van der Waals surface area contributed by atoms with Crippen LogP contribution in [0.4, 0.5) is 0 Å². The van der Waals surface area contributed by atoms with Gasteiger partial charge in [0.25, 0.3) is 0 Å². The zero-order chi connectivity index (χ0) is 14.5. The van der Waals surface area contributed by atoms with E-state index in [2.05, 4.69) is 10.2 Å². The van der Waals surface area contributed by atoms with Crippen LogP contribution < -0.4 is 5.32 Å². The molecule has 0 radical (unpaired) electrons. The van der Waals surface area contributed by atoms with Crippen LogP contribution in [0.5, 0.6) is 0 Å². The number of aliphatic hydroxyl groups is 1. The molecule has 1 unspecified atom stereocenters. The number of nitrogens with zero attached hydrogens (tertiary/aromatic N) is 1. The number of hydrogen-bond acceptors (Lipinski definition) is 3. The molecule has 1 saturated carbocycles. The fraction of sp³-hybridized carbons (Fsp3) is 0.667. The molecule has 116 valence electrons. The van der Waals surface area contributed by atoms with Crippen LogP contribution in [-0.2, 0) is 0 Å². The van der Waals surface area contributed by atoms with Crippen LogP contribution >= 0.6 is 0 Å². The van der Waals surface area contributed by atoms with Crippen molar-refractivity contribution < 1.29 is 5.11 Å². The Hall–Kier alpha value is -0.900. The first-order valence-corrected chi connectivity index (χ1v) is 8.52. The number of aliphatic hydroxyl groups excluding tert-OH is 1. The van der Waals surface area contributed by atoms with Gasteiger partial charge in [-0.25, -0.2) is 0 Å². The van der Waals surface area contributed by atoms with Gasteiger partial charge >= 0.3 is 0 Å². The van der Waals surface area contributed by atoms with Crippen molar-refractivity contribution in [2.24, 2.45) is 0 Å². The first kappa shape index (κ1) is 15.0. The van der Waals surface area contributed by atoms with Crippen LogP contribution in [0.2, 0.25) is 0 Å². The highest BCUT2D eigenvalue weighted by Crippen LogP contribution is 2.21. The van der Waals surface area contributed by atoms with Gasteiger partial charge in [-0.05, 0) is 44.3 Å². The van der Waals surface area contributed by atoms with Crippen molar-refractivity contribution in [2.75, 3.05) is 19.6 Å². The summed E-state index contributed by atoms with van der Waals surface area (Å²) in [5.74, 6) is 0. The highest BCUT2D eigenvalue weighted by atomic mass is 16.3. The third-order valence-corrected chi connectivity index (χ3v) is 5.03. The summed E-state index contributed by atoms with van der Waals surface area (Å²) in [7, 11) is 0. The zero-order valence-corrected chi connectivity index (χ0v) is 12.9. The van der Waals surface area contributed by atoms with Crippen LogP contribution in [0.15, 0.2) is 30.3 Å². The van der Waals surface area contributed by atoms with Gasteiger partial charge < -0.3 is 15.3 Å². The lowest BCUT2D eigenvalue weighted by Gasteiger charge is -2.35. The van der Waals surface area contributed by atoms with Crippen molar-refractivity contribution in [1.82, 2.24) is 10.2 Å². The Morgan fingerprint density at radius 3 is 2.29 bits per heavy atom. The molecule has 21 heavy (non-hydrogen) atoms. The Morgan fingerprint density at radius 2 is 1.62 bits per heavy atom. The molecule has 1 atom stereocenters. The van der Waals surface area contributed by atoms with Crippen molar-refractivity contribution in [3.05, 3.63) is 35.9 Å². The Balaban J connectivity index is 1.41. The summed E-state index contributed by atoms with van der Waals surface area (Å²) in [5, 5.41) is 14.1. The van der Waals surface area contributed by atoms with Crippen molar-refractivity contribution in [3.63, 3.8) is 0 Å². The molecule has 3 nitrogen and oxygen atoms in total. The van der Waals surface area contributed by atoms with E-state index in [9.17, 15) is 5.11 Å². The second-order valence-electron chi connectivity index (χ2n) is 6.65. The summed E-state index contributed by atoms with van der Waals surface area (Å²) < 4.78 is 0. The average Bonchev–Trinajstić information content (AvgIpc) is 3.03. The summed E-state index contributed by atoms with van der Waals surface area (Å²) in [6.45, 7) is 2.97. The van der Waals surface area contributed by atoms with Crippen LogP contribution in [-0.4, -0.2) is 41.7 Å². The monoisotopic (exact) mass is 288 g/mol. The van der Waals surface area contributed by atoms with E-state index >= 15 is 0 Å². The minimum absolute atomic E-state index is 0.356. The first-order chi connectivity index (χ1) is 10.3. The highest BCUT2D eigenvalue weighted by molar-refractivity contribution is 5.17. The molecule has 3 heteroatoms. The largest absolute Gasteiger partial charge is 0.387 e. The Kier molecular flexibility index (Phi) is 5.28. The molecule has 0 spiro atoms. The van der Waals surface area contributed by atoms with E-state index < -0.39 is 0 Å². The standard InChI is InChI=1S/C18H28N2O/c21-18(15-6-2-1-3-7-15)14-20-12-10-17(11-13-20)19-16-8-4-5-9-16/h1-3,6-7,16-19,21H,4-5,8-14H2. The minimum atomic E-state index is -0.356. The zero-order valence-electron chi connectivity index (χ0n) is 12.9. The molecule has 2 aliphatic rings. The second kappa shape index (κ2) is 7.39. The maximum absolute atomic E-state index is 10.3. The number of likely N-dealkylation sites (tertiary alicyclic amines) is 1. The Labute approximate surface area is 128 Å². The summed E-state index contributed by atoms with van der Waals surface area (Å²) in [6.07, 6.45) is 7.63. The van der Waals surface area contributed by atoms with E-state index in [-0.39, 0.29) is 6.10 Å². The van der Waals surface area contributed by atoms with Crippen LogP contribution in [0.25, 0.3) is 0 Å². The molecule has 1 aliphatic heterocycles. The van der Waals surface area contributed by atoms with E-state index in [4.69, 9.17) is 0 Å². The average molecular weight is 288 g/mol. The number of β-amino-alcohol motifs (C(OH)–C–C–N with tert-alkyl or cyclic N) is 1. The number of rotatable bonds is 5. The smallest absolute Gasteiger partial charge is 0.0916 e. The topological polar surface area (TPSA) is 35.5 Å². The Morgan fingerprint density at radius 1 is 1.00 bits per heavy atom. The van der Waals surface area contributed by atoms with Crippen LogP contribution in [0, 0.1) is 0 Å². The van der Waals surface area contributed by atoms with Crippen molar-refractivity contribution in [3.8, 4) is 0 Å². The van der Waals surface area contributed by atoms with E-state index in [1.807, 2.05) is 30.3 Å². The highest BCUT2D eigenvalue weighted by Gasteiger charge is 2.24. The number of piperidine rings is 1. The summed E-state index contributed by atoms with van der Waals surface area (Å²) >= 11 is 0. The molecule has 2 fully saturated rings. The molecule has 1 aliphatic carbocycles. The molecular formula is C18H28N2O. The molecule has 1 saturated heterocycles. The number of benzene rings is 1. The predicted octanol–water partition coefficient (Wildman–Crippen LogP) is 2.72. The third kappa shape index (κ3) is 4.29. The summed E-state index contributed by atoms with van der Waals surface area (Å²) in [4.78, 5) is 2.41. The first-order valence-electron chi connectivity index (χ1n) is 8.52. The molecule has 0 amide bonds. The van der Waals surface area contributed by atoms with Crippen molar-refractivity contribution in [2.45, 2.75) is 56.7 Å². The lowest BCUT2D eigenvalue weighted by molar-refractivity contribution is 0.0928. The third-order valence-electron chi connectivity index (χ3n) is 5.03. The van der Waals surface area contributed by atoms with Gasteiger partial charge in [0, 0.05) is 18.6 Å². The summed E-state index contributed by atoms with van der Waals surface area (Å²) in [6, 6.07) is 11.5. The maximum Gasteiger partial charge on any atom is 0.0916 e. The van der Waals surface area contributed by atoms with Gasteiger partial charge in [0.1, 0.15) is 0 Å². The van der Waals surface area contributed by atoms with E-state index in [0.29, 0.717) is 6.04 Å². The molecule has 2 N–H and O–H groups in total. The van der Waals surface area contributed by atoms with E-state index in [1.54, 1.807) is 0 Å². The maximum atomic E-state index is 10.3. The van der Waals surface area contributed by atoms with Crippen molar-refractivity contribution >= 4 is 0 Å². The normalized spacial score (nSPS) is 23.5. The SMILES string of the molecule is OC(CN1CCC(NC2CCCC2)CC1)c1ccccc1. The van der Waals surface area contributed by atoms with Gasteiger partial charge in [0.15, 0.2) is 0 Å². The quantitative estimate of drug-likeness (QED) is 0.874. The predicted molar refractivity (Wildman–Crippen MR) is 86.3 cm³/mol. The van der Waals surface area contributed by atoms with Gasteiger partial charge in [0.05, 0.1) is 6.10 Å². The van der Waals surface area contributed by atoms with Gasteiger partial charge in [-0.2, -0.15) is 0 Å². The number of nitrogens with one attached hydrogen (secondary N) is 1. The molecule has 3 rings (SSSR count). The van der Waals surface area contributed by atoms with E-state index in [0.717, 1.165) is 31.2 Å². The fourth-order valence-electron chi connectivity index (χ4n) is 3.73. The van der Waals surface area contributed by atoms with Gasteiger partial charge in [-0.15, -0.1) is 0 Å². The lowest BCUT2D eigenvalue weighted by atomic mass is 10.0. The van der Waals surface area contributed by atoms with Crippen LogP contribution in [0.3, 0.4) is 0 Å². The molecule has 1 aromatic carbocycles. The van der Waals surface area contributed by atoms with Crippen LogP contribution in [0.1, 0.15) is 50.2 Å². The van der Waals surface area contributed by atoms with Gasteiger partial charge in [-0.1, -0.05) is 43.2 Å². The number of hydrogen-bond donors (Lipinski definition) is 2. The molecule has 0 aromatic heterocycles. The van der Waals surface area contributed by atoms with Gasteiger partial charge in [0.2, 0.25) is 0 Å². The minimum Gasteiger partial charge on any atom is -0.387 e. The van der Waals surface area contributed by atoms with E-state index in [1.165, 1.54) is 38.5 Å². The fourth-order valence-corrected chi connectivity index (χ4v) is 3.73. The van der Waals surface area contributed by atoms with Gasteiger partial charge in [-0.3, -0.25) is 0 Å². The Bertz CT molecular complexity index is 408.